The van der Waals surface area contributed by atoms with Gasteiger partial charge in [0.2, 0.25) is 0 Å². The zero-order chi connectivity index (χ0) is 28.0. The third-order valence-electron chi connectivity index (χ3n) is 8.67. The van der Waals surface area contributed by atoms with E-state index in [4.69, 9.17) is 9.16 Å². The zero-order valence-electron chi connectivity index (χ0n) is 23.6. The standard InChI is InChI=1S/C29H42O6SSi/c1-27(2,3)37(8,9)35-23-16-18-29(6)17-15-21(30)24(26(31)34-7)25(29)22(19-28(23,4)5)36(32,33)20-13-11-10-12-14-20/h10-18,22-25H,19H2,1-9H3/b18-16-/t22-,23+,24-,25+,29+/m1/s1. The lowest BCUT2D eigenvalue weighted by Crippen LogP contribution is -2.55. The molecule has 0 radical (unpaired) electrons. The van der Waals surface area contributed by atoms with Gasteiger partial charge < -0.3 is 9.16 Å². The maximum absolute atomic E-state index is 14.3. The van der Waals surface area contributed by atoms with Gasteiger partial charge in [-0.25, -0.2) is 8.42 Å². The van der Waals surface area contributed by atoms with Crippen LogP contribution < -0.4 is 0 Å². The molecule has 2 aliphatic carbocycles. The van der Waals surface area contributed by atoms with Crippen LogP contribution >= 0.6 is 0 Å². The largest absolute Gasteiger partial charge is 0.468 e. The highest BCUT2D eigenvalue weighted by Crippen LogP contribution is 2.52. The summed E-state index contributed by atoms with van der Waals surface area (Å²) in [7, 11) is -4.93. The number of fused-ring (bicyclic) bond motifs is 1. The first-order valence-corrected chi connectivity index (χ1v) is 17.3. The molecule has 0 fully saturated rings. The van der Waals surface area contributed by atoms with Crippen LogP contribution in [-0.4, -0.2) is 47.0 Å². The van der Waals surface area contributed by atoms with E-state index in [-0.39, 0.29) is 22.5 Å². The first-order valence-electron chi connectivity index (χ1n) is 12.8. The minimum absolute atomic E-state index is 0.0334. The highest BCUT2D eigenvalue weighted by molar-refractivity contribution is 7.92. The van der Waals surface area contributed by atoms with Crippen molar-refractivity contribution in [3.63, 3.8) is 0 Å². The van der Waals surface area contributed by atoms with Crippen LogP contribution in [-0.2, 0) is 28.6 Å². The van der Waals surface area contributed by atoms with Gasteiger partial charge in [-0.1, -0.05) is 78.0 Å². The van der Waals surface area contributed by atoms with E-state index >= 15 is 0 Å². The van der Waals surface area contributed by atoms with E-state index < -0.39 is 57.8 Å². The summed E-state index contributed by atoms with van der Waals surface area (Å²) in [6.45, 7) is 16.8. The number of esters is 1. The van der Waals surface area contributed by atoms with E-state index in [0.29, 0.717) is 0 Å². The fraction of sp³-hybridized carbons (Fsp3) is 0.586. The summed E-state index contributed by atoms with van der Waals surface area (Å²) in [5.74, 6) is -3.20. The molecular weight excluding hydrogens is 504 g/mol. The summed E-state index contributed by atoms with van der Waals surface area (Å²) in [6, 6.07) is 8.29. The quantitative estimate of drug-likeness (QED) is 0.202. The van der Waals surface area contributed by atoms with Gasteiger partial charge in [0, 0.05) is 11.3 Å². The van der Waals surface area contributed by atoms with Gasteiger partial charge in [0.25, 0.3) is 0 Å². The minimum atomic E-state index is -3.95. The van der Waals surface area contributed by atoms with E-state index in [2.05, 4.69) is 33.9 Å². The Kier molecular flexibility index (Phi) is 7.92. The Labute approximate surface area is 223 Å². The molecule has 0 aliphatic heterocycles. The average molecular weight is 547 g/mol. The smallest absolute Gasteiger partial charge is 0.316 e. The Morgan fingerprint density at radius 2 is 1.65 bits per heavy atom. The Morgan fingerprint density at radius 1 is 1.05 bits per heavy atom. The molecule has 2 aliphatic rings. The van der Waals surface area contributed by atoms with Crippen LogP contribution in [0, 0.1) is 22.7 Å². The molecule has 0 saturated carbocycles. The number of hydrogen-bond acceptors (Lipinski definition) is 6. The minimum Gasteiger partial charge on any atom is -0.468 e. The normalized spacial score (nSPS) is 31.1. The van der Waals surface area contributed by atoms with Crippen molar-refractivity contribution in [2.45, 2.75) is 82.3 Å². The summed E-state index contributed by atoms with van der Waals surface area (Å²) in [5, 5.41) is -1.06. The molecule has 1 aromatic carbocycles. The molecule has 5 atom stereocenters. The predicted octanol–water partition coefficient (Wildman–Crippen LogP) is 5.76. The zero-order valence-corrected chi connectivity index (χ0v) is 25.4. The van der Waals surface area contributed by atoms with Crippen LogP contribution in [0.1, 0.15) is 48.0 Å². The van der Waals surface area contributed by atoms with Crippen molar-refractivity contribution < 1.29 is 27.2 Å². The van der Waals surface area contributed by atoms with Crippen molar-refractivity contribution in [2.75, 3.05) is 7.11 Å². The molecule has 3 rings (SSSR count). The van der Waals surface area contributed by atoms with E-state index in [9.17, 15) is 18.0 Å². The molecule has 0 aromatic heterocycles. The highest BCUT2D eigenvalue weighted by atomic mass is 32.2. The second kappa shape index (κ2) is 9.93. The Hall–Kier alpha value is -2.03. The third kappa shape index (κ3) is 5.57. The summed E-state index contributed by atoms with van der Waals surface area (Å²) in [5.41, 5.74) is -1.49. The Morgan fingerprint density at radius 3 is 2.19 bits per heavy atom. The molecule has 37 heavy (non-hydrogen) atoms. The summed E-state index contributed by atoms with van der Waals surface area (Å²) >= 11 is 0. The molecule has 204 valence electrons. The van der Waals surface area contributed by atoms with Gasteiger partial charge in [0.15, 0.2) is 23.9 Å². The van der Waals surface area contributed by atoms with Crippen molar-refractivity contribution in [1.29, 1.82) is 0 Å². The summed E-state index contributed by atoms with van der Waals surface area (Å²) < 4.78 is 40.5. The maximum Gasteiger partial charge on any atom is 0.316 e. The topological polar surface area (TPSA) is 86.7 Å². The lowest BCUT2D eigenvalue weighted by atomic mass is 9.60. The van der Waals surface area contributed by atoms with Gasteiger partial charge in [-0.3, -0.25) is 9.59 Å². The number of carbonyl (C=O) groups excluding carboxylic acids is 2. The lowest BCUT2D eigenvalue weighted by Gasteiger charge is -2.50. The van der Waals surface area contributed by atoms with Gasteiger partial charge in [-0.05, 0) is 48.2 Å². The number of methoxy groups -OCH3 is 1. The Bertz CT molecular complexity index is 1190. The number of hydrogen-bond donors (Lipinski definition) is 0. The van der Waals surface area contributed by atoms with Crippen LogP contribution in [0.25, 0.3) is 0 Å². The van der Waals surface area contributed by atoms with Crippen LogP contribution in [0.5, 0.6) is 0 Å². The van der Waals surface area contributed by atoms with Gasteiger partial charge in [0.05, 0.1) is 23.4 Å². The second-order valence-electron chi connectivity index (χ2n) is 12.9. The van der Waals surface area contributed by atoms with Crippen molar-refractivity contribution in [1.82, 2.24) is 0 Å². The molecular formula is C29H42O6SSi. The maximum atomic E-state index is 14.3. The summed E-state index contributed by atoms with van der Waals surface area (Å²) in [6.07, 6.45) is 6.97. The fourth-order valence-corrected chi connectivity index (χ4v) is 9.04. The molecule has 8 heteroatoms. The van der Waals surface area contributed by atoms with E-state index in [1.54, 1.807) is 36.4 Å². The molecule has 0 amide bonds. The number of sulfone groups is 1. The van der Waals surface area contributed by atoms with Gasteiger partial charge >= 0.3 is 5.97 Å². The van der Waals surface area contributed by atoms with Gasteiger partial charge in [-0.15, -0.1) is 0 Å². The van der Waals surface area contributed by atoms with E-state index in [0.717, 1.165) is 0 Å². The number of benzene rings is 1. The average Bonchev–Trinajstić information content (AvgIpc) is 2.80. The molecule has 6 nitrogen and oxygen atoms in total. The molecule has 0 heterocycles. The van der Waals surface area contributed by atoms with Crippen molar-refractivity contribution in [3.8, 4) is 0 Å². The van der Waals surface area contributed by atoms with Crippen molar-refractivity contribution in [3.05, 3.63) is 54.6 Å². The number of allylic oxidation sites excluding steroid dienone is 3. The molecule has 1 aromatic rings. The highest BCUT2D eigenvalue weighted by Gasteiger charge is 2.56. The van der Waals surface area contributed by atoms with Crippen LogP contribution in [0.3, 0.4) is 0 Å². The SMILES string of the molecule is COC(=O)[C@@H]1C(=O)C=C[C@@]2(C)/C=C\[C@H](O[Si](C)(C)C(C)(C)C)C(C)(C)C[C@@H](S(=O)(=O)c3ccccc3)[C@@H]12. The predicted molar refractivity (Wildman–Crippen MR) is 148 cm³/mol. The Balaban J connectivity index is 2.28. The summed E-state index contributed by atoms with van der Waals surface area (Å²) in [4.78, 5) is 26.3. The van der Waals surface area contributed by atoms with E-state index in [1.807, 2.05) is 32.9 Å². The fourth-order valence-electron chi connectivity index (χ4n) is 5.28. The van der Waals surface area contributed by atoms with Crippen molar-refractivity contribution in [2.24, 2.45) is 22.7 Å². The second-order valence-corrected chi connectivity index (χ2v) is 19.8. The van der Waals surface area contributed by atoms with Crippen LogP contribution in [0.4, 0.5) is 0 Å². The van der Waals surface area contributed by atoms with Crippen LogP contribution in [0.15, 0.2) is 59.5 Å². The number of rotatable bonds is 5. The van der Waals surface area contributed by atoms with Gasteiger partial charge in [-0.2, -0.15) is 0 Å². The van der Waals surface area contributed by atoms with Crippen molar-refractivity contribution >= 4 is 29.9 Å². The first-order chi connectivity index (χ1) is 16.9. The molecule has 0 saturated heterocycles. The first kappa shape index (κ1) is 29.5. The third-order valence-corrected chi connectivity index (χ3v) is 15.3. The molecule has 0 N–H and O–H groups in total. The van der Waals surface area contributed by atoms with E-state index in [1.165, 1.54) is 13.2 Å². The number of ether oxygens (including phenoxy) is 1. The van der Waals surface area contributed by atoms with Crippen LogP contribution in [0.2, 0.25) is 18.1 Å². The molecule has 0 unspecified atom stereocenters. The molecule has 0 bridgehead atoms. The number of ketones is 1. The monoisotopic (exact) mass is 546 g/mol. The van der Waals surface area contributed by atoms with Gasteiger partial charge in [0.1, 0.15) is 5.92 Å². The number of carbonyl (C=O) groups is 2. The lowest BCUT2D eigenvalue weighted by molar-refractivity contribution is -0.152. The molecule has 0 spiro atoms.